The highest BCUT2D eigenvalue weighted by molar-refractivity contribution is 5.91. The van der Waals surface area contributed by atoms with Crippen LogP contribution in [-0.2, 0) is 4.79 Å². The van der Waals surface area contributed by atoms with Gasteiger partial charge in [-0.15, -0.1) is 0 Å². The number of aromatic nitrogens is 2. The van der Waals surface area contributed by atoms with Crippen LogP contribution in [-0.4, -0.2) is 42.1 Å². The van der Waals surface area contributed by atoms with Gasteiger partial charge in [0.05, 0.1) is 0 Å². The quantitative estimate of drug-likeness (QED) is 0.565. The van der Waals surface area contributed by atoms with Crippen molar-refractivity contribution in [1.82, 2.24) is 15.3 Å². The highest BCUT2D eigenvalue weighted by atomic mass is 19.1. The lowest BCUT2D eigenvalue weighted by atomic mass is 10.2. The summed E-state index contributed by atoms with van der Waals surface area (Å²) in [5.74, 6) is -0.104. The number of halogens is 2. The number of carbonyl (C=O) groups excluding carboxylic acids is 1. The standard InChI is InChI=1S/C20H23F2N5O/c1-14-12-18(27-10-2-3-11-27)26-20(25-14)24-9-8-23-19(28)7-4-15-13-16(21)5-6-17(15)22/h4-7,12-13H,2-3,8-11H2,1H3,(H,23,28)(H,24,25,26)/b7-4+. The Morgan fingerprint density at radius 3 is 2.75 bits per heavy atom. The average molecular weight is 387 g/mol. The van der Waals surface area contributed by atoms with Crippen molar-refractivity contribution in [2.45, 2.75) is 19.8 Å². The maximum Gasteiger partial charge on any atom is 0.244 e. The second-order valence-electron chi connectivity index (χ2n) is 6.60. The Bertz CT molecular complexity index is 866. The van der Waals surface area contributed by atoms with Crippen LogP contribution in [0, 0.1) is 18.6 Å². The third kappa shape index (κ3) is 5.48. The van der Waals surface area contributed by atoms with E-state index in [-0.39, 0.29) is 5.56 Å². The van der Waals surface area contributed by atoms with Gasteiger partial charge in [0.1, 0.15) is 17.5 Å². The topological polar surface area (TPSA) is 70.2 Å². The number of nitrogens with one attached hydrogen (secondary N) is 2. The maximum absolute atomic E-state index is 13.5. The summed E-state index contributed by atoms with van der Waals surface area (Å²) in [6.07, 6.45) is 4.76. The Morgan fingerprint density at radius 2 is 1.96 bits per heavy atom. The van der Waals surface area contributed by atoms with E-state index in [0.29, 0.717) is 19.0 Å². The Hall–Kier alpha value is -3.03. The highest BCUT2D eigenvalue weighted by Crippen LogP contribution is 2.19. The van der Waals surface area contributed by atoms with Gasteiger partial charge in [0.15, 0.2) is 0 Å². The molecule has 3 rings (SSSR count). The van der Waals surface area contributed by atoms with Crippen LogP contribution in [0.25, 0.3) is 6.08 Å². The van der Waals surface area contributed by atoms with Gasteiger partial charge >= 0.3 is 0 Å². The van der Waals surface area contributed by atoms with E-state index >= 15 is 0 Å². The fourth-order valence-corrected chi connectivity index (χ4v) is 2.97. The third-order valence-corrected chi connectivity index (χ3v) is 4.35. The molecule has 0 aliphatic carbocycles. The minimum atomic E-state index is -0.586. The zero-order valence-corrected chi connectivity index (χ0v) is 15.7. The van der Waals surface area contributed by atoms with Gasteiger partial charge in [-0.2, -0.15) is 4.98 Å². The zero-order valence-electron chi connectivity index (χ0n) is 15.7. The lowest BCUT2D eigenvalue weighted by Gasteiger charge is -2.17. The van der Waals surface area contributed by atoms with E-state index in [1.807, 2.05) is 13.0 Å². The van der Waals surface area contributed by atoms with Crippen LogP contribution in [0.5, 0.6) is 0 Å². The second kappa shape index (κ2) is 9.25. The van der Waals surface area contributed by atoms with Crippen LogP contribution in [0.2, 0.25) is 0 Å². The zero-order chi connectivity index (χ0) is 19.9. The summed E-state index contributed by atoms with van der Waals surface area (Å²) < 4.78 is 26.6. The van der Waals surface area contributed by atoms with Crippen molar-refractivity contribution in [3.8, 4) is 0 Å². The fraction of sp³-hybridized carbons (Fsp3) is 0.350. The molecule has 6 nitrogen and oxygen atoms in total. The molecule has 2 aromatic rings. The van der Waals surface area contributed by atoms with Crippen molar-refractivity contribution in [2.75, 3.05) is 36.4 Å². The summed E-state index contributed by atoms with van der Waals surface area (Å²) in [5, 5.41) is 5.77. The molecule has 0 radical (unpaired) electrons. The molecule has 0 atom stereocenters. The molecule has 1 aliphatic heterocycles. The number of rotatable bonds is 7. The molecule has 28 heavy (non-hydrogen) atoms. The lowest BCUT2D eigenvalue weighted by molar-refractivity contribution is -0.116. The molecule has 0 spiro atoms. The minimum absolute atomic E-state index is 0.0240. The van der Waals surface area contributed by atoms with Crippen LogP contribution < -0.4 is 15.5 Å². The number of benzene rings is 1. The van der Waals surface area contributed by atoms with Crippen molar-refractivity contribution in [3.05, 3.63) is 53.2 Å². The van der Waals surface area contributed by atoms with Gasteiger partial charge in [-0.25, -0.2) is 13.8 Å². The van der Waals surface area contributed by atoms with E-state index in [9.17, 15) is 13.6 Å². The molecule has 1 aromatic carbocycles. The molecule has 2 heterocycles. The lowest BCUT2D eigenvalue weighted by Crippen LogP contribution is -2.27. The van der Waals surface area contributed by atoms with Gasteiger partial charge in [-0.3, -0.25) is 4.79 Å². The fourth-order valence-electron chi connectivity index (χ4n) is 2.97. The molecule has 1 amide bonds. The van der Waals surface area contributed by atoms with Gasteiger partial charge in [0, 0.05) is 49.6 Å². The number of amides is 1. The monoisotopic (exact) mass is 387 g/mol. The summed E-state index contributed by atoms with van der Waals surface area (Å²) in [7, 11) is 0. The average Bonchev–Trinajstić information content (AvgIpc) is 3.20. The highest BCUT2D eigenvalue weighted by Gasteiger charge is 2.14. The maximum atomic E-state index is 13.5. The predicted molar refractivity (Wildman–Crippen MR) is 105 cm³/mol. The molecule has 2 N–H and O–H groups in total. The van der Waals surface area contributed by atoms with Gasteiger partial charge in [-0.05, 0) is 44.0 Å². The minimum Gasteiger partial charge on any atom is -0.356 e. The first kappa shape index (κ1) is 19.7. The summed E-state index contributed by atoms with van der Waals surface area (Å²) in [4.78, 5) is 22.9. The van der Waals surface area contributed by atoms with E-state index in [0.717, 1.165) is 42.8 Å². The Kier molecular flexibility index (Phi) is 6.52. The smallest absolute Gasteiger partial charge is 0.244 e. The van der Waals surface area contributed by atoms with Crippen LogP contribution >= 0.6 is 0 Å². The molecule has 1 saturated heterocycles. The normalized spacial score (nSPS) is 13.9. The third-order valence-electron chi connectivity index (χ3n) is 4.35. The first-order valence-corrected chi connectivity index (χ1v) is 9.27. The van der Waals surface area contributed by atoms with E-state index in [1.54, 1.807) is 0 Å². The number of carbonyl (C=O) groups is 1. The molecule has 1 aliphatic rings. The predicted octanol–water partition coefficient (Wildman–Crippen LogP) is 2.90. The first-order chi connectivity index (χ1) is 13.5. The second-order valence-corrected chi connectivity index (χ2v) is 6.60. The summed E-state index contributed by atoms with van der Waals surface area (Å²) in [5.41, 5.74) is 0.902. The van der Waals surface area contributed by atoms with Crippen molar-refractivity contribution in [1.29, 1.82) is 0 Å². The first-order valence-electron chi connectivity index (χ1n) is 9.27. The molecule has 0 unspecified atom stereocenters. The Balaban J connectivity index is 1.47. The number of aryl methyl sites for hydroxylation is 1. The van der Waals surface area contributed by atoms with Crippen molar-refractivity contribution >= 4 is 23.7 Å². The van der Waals surface area contributed by atoms with Crippen LogP contribution in [0.3, 0.4) is 0 Å². The number of anilines is 2. The molecule has 0 saturated carbocycles. The molecule has 1 aromatic heterocycles. The van der Waals surface area contributed by atoms with Crippen LogP contribution in [0.15, 0.2) is 30.3 Å². The van der Waals surface area contributed by atoms with Gasteiger partial charge in [-0.1, -0.05) is 0 Å². The van der Waals surface area contributed by atoms with E-state index < -0.39 is 17.5 Å². The number of nitrogens with zero attached hydrogens (tertiary/aromatic N) is 3. The Labute approximate surface area is 162 Å². The summed E-state index contributed by atoms with van der Waals surface area (Å²) in [6.45, 7) is 4.71. The van der Waals surface area contributed by atoms with E-state index in [1.165, 1.54) is 25.0 Å². The Morgan fingerprint density at radius 1 is 1.18 bits per heavy atom. The molecule has 8 heteroatoms. The van der Waals surface area contributed by atoms with Gasteiger partial charge in [0.25, 0.3) is 0 Å². The van der Waals surface area contributed by atoms with Crippen molar-refractivity contribution in [3.63, 3.8) is 0 Å². The van der Waals surface area contributed by atoms with E-state index in [4.69, 9.17) is 0 Å². The molecule has 0 bridgehead atoms. The summed E-state index contributed by atoms with van der Waals surface area (Å²) >= 11 is 0. The number of hydrogen-bond donors (Lipinski definition) is 2. The number of hydrogen-bond acceptors (Lipinski definition) is 5. The molecular weight excluding hydrogens is 364 g/mol. The van der Waals surface area contributed by atoms with Gasteiger partial charge < -0.3 is 15.5 Å². The summed E-state index contributed by atoms with van der Waals surface area (Å²) in [6, 6.07) is 5.05. The SMILES string of the molecule is Cc1cc(N2CCCC2)nc(NCCNC(=O)/C=C/c2cc(F)ccc2F)n1. The van der Waals surface area contributed by atoms with Crippen LogP contribution in [0.4, 0.5) is 20.5 Å². The van der Waals surface area contributed by atoms with Crippen molar-refractivity contribution in [2.24, 2.45) is 0 Å². The molecule has 148 valence electrons. The van der Waals surface area contributed by atoms with Gasteiger partial charge in [0.2, 0.25) is 11.9 Å². The largest absolute Gasteiger partial charge is 0.356 e. The molecular formula is C20H23F2N5O. The van der Waals surface area contributed by atoms with E-state index in [2.05, 4.69) is 25.5 Å². The van der Waals surface area contributed by atoms with Crippen LogP contribution in [0.1, 0.15) is 24.1 Å². The van der Waals surface area contributed by atoms with Crippen molar-refractivity contribution < 1.29 is 13.6 Å². The molecule has 1 fully saturated rings.